The maximum atomic E-state index is 11.3. The molecule has 0 heterocycles. The Balaban J connectivity index is 2.34. The van der Waals surface area contributed by atoms with Crippen LogP contribution in [0.15, 0.2) is 60.9 Å². The van der Waals surface area contributed by atoms with Crippen LogP contribution in [0.2, 0.25) is 0 Å². The molecule has 2 rings (SSSR count). The van der Waals surface area contributed by atoms with E-state index in [0.29, 0.717) is 5.56 Å². The van der Waals surface area contributed by atoms with E-state index in [1.165, 1.54) is 18.2 Å². The van der Waals surface area contributed by atoms with E-state index in [1.807, 2.05) is 0 Å². The fourth-order valence-corrected chi connectivity index (χ4v) is 1.69. The molecule has 0 saturated heterocycles. The van der Waals surface area contributed by atoms with E-state index < -0.39 is 10.9 Å². The second-order valence-corrected chi connectivity index (χ2v) is 4.05. The van der Waals surface area contributed by atoms with Gasteiger partial charge in [0.1, 0.15) is 11.8 Å². The van der Waals surface area contributed by atoms with E-state index in [2.05, 4.69) is 0 Å². The lowest BCUT2D eigenvalue weighted by Crippen LogP contribution is -2.02. The zero-order valence-corrected chi connectivity index (χ0v) is 10.8. The number of nitro benzene ring substituents is 1. The van der Waals surface area contributed by atoms with E-state index >= 15 is 0 Å². The summed E-state index contributed by atoms with van der Waals surface area (Å²) in [7, 11) is 0. The maximum absolute atomic E-state index is 11.3. The minimum atomic E-state index is -1.18. The van der Waals surface area contributed by atoms with Crippen LogP contribution in [-0.2, 0) is 4.79 Å². The zero-order valence-electron chi connectivity index (χ0n) is 10.8. The van der Waals surface area contributed by atoms with Crippen molar-refractivity contribution in [1.29, 1.82) is 0 Å². The van der Waals surface area contributed by atoms with Gasteiger partial charge in [-0.15, -0.1) is 0 Å². The smallest absolute Gasteiger partial charge is 0.339 e. The summed E-state index contributed by atoms with van der Waals surface area (Å²) in [5.41, 5.74) is 0.129. The largest absolute Gasteiger partial charge is 0.478 e. The van der Waals surface area contributed by atoms with Gasteiger partial charge in [-0.25, -0.2) is 4.79 Å². The number of nitro groups is 1. The first-order valence-electron chi connectivity index (χ1n) is 5.98. The maximum Gasteiger partial charge on any atom is 0.339 e. The quantitative estimate of drug-likeness (QED) is 0.394. The van der Waals surface area contributed by atoms with Crippen LogP contribution in [-0.4, -0.2) is 16.0 Å². The molecule has 0 aromatic heterocycles. The van der Waals surface area contributed by atoms with Crippen molar-refractivity contribution >= 4 is 17.2 Å². The molecule has 106 valence electrons. The highest BCUT2D eigenvalue weighted by atomic mass is 16.6. The van der Waals surface area contributed by atoms with Gasteiger partial charge in [0.2, 0.25) is 5.75 Å². The molecule has 6 nitrogen and oxygen atoms in total. The van der Waals surface area contributed by atoms with Gasteiger partial charge in [-0.05, 0) is 11.6 Å². The van der Waals surface area contributed by atoms with Crippen molar-refractivity contribution in [2.45, 2.75) is 0 Å². The third kappa shape index (κ3) is 3.44. The molecular weight excluding hydrogens is 274 g/mol. The van der Waals surface area contributed by atoms with Crippen molar-refractivity contribution in [3.63, 3.8) is 0 Å². The molecule has 2 aromatic rings. The molecule has 0 unspecified atom stereocenters. The molecule has 0 saturated carbocycles. The normalized spacial score (nSPS) is 11.0. The first-order chi connectivity index (χ1) is 10.1. The van der Waals surface area contributed by atoms with Crippen molar-refractivity contribution in [3.05, 3.63) is 76.5 Å². The van der Waals surface area contributed by atoms with E-state index in [-0.39, 0.29) is 17.0 Å². The van der Waals surface area contributed by atoms with Gasteiger partial charge in [0.25, 0.3) is 0 Å². The molecule has 0 aliphatic rings. The van der Waals surface area contributed by atoms with Crippen LogP contribution in [0.5, 0.6) is 5.75 Å². The number of ether oxygens (including phenoxy) is 1. The van der Waals surface area contributed by atoms with Crippen LogP contribution in [0.4, 0.5) is 5.69 Å². The number of benzene rings is 2. The Hall–Kier alpha value is -3.15. The number of aliphatic carboxylic acids is 1. The zero-order chi connectivity index (χ0) is 15.2. The third-order valence-corrected chi connectivity index (χ3v) is 2.68. The van der Waals surface area contributed by atoms with Crippen molar-refractivity contribution in [1.82, 2.24) is 0 Å². The molecule has 21 heavy (non-hydrogen) atoms. The summed E-state index contributed by atoms with van der Waals surface area (Å²) in [4.78, 5) is 21.5. The predicted molar refractivity (Wildman–Crippen MR) is 75.8 cm³/mol. The molecule has 0 aliphatic heterocycles. The number of hydrogen-bond donors (Lipinski definition) is 1. The minimum absolute atomic E-state index is 0.0165. The van der Waals surface area contributed by atoms with Crippen molar-refractivity contribution in [2.75, 3.05) is 0 Å². The molecule has 0 fully saturated rings. The number of para-hydroxylation sites is 2. The SMILES string of the molecule is O=C(O)C(=COc1ccccc1[N+](=O)[O-])c1ccccc1. The fourth-order valence-electron chi connectivity index (χ4n) is 1.69. The standard InChI is InChI=1S/C15H11NO5/c17-15(18)12(11-6-2-1-3-7-11)10-21-14-9-5-4-8-13(14)16(19)20/h1-10H,(H,17,18). The molecule has 0 bridgehead atoms. The number of carboxylic acids is 1. The van der Waals surface area contributed by atoms with Crippen LogP contribution >= 0.6 is 0 Å². The van der Waals surface area contributed by atoms with Crippen molar-refractivity contribution in [3.8, 4) is 5.75 Å². The second-order valence-electron chi connectivity index (χ2n) is 4.05. The van der Waals surface area contributed by atoms with Gasteiger partial charge < -0.3 is 9.84 Å². The summed E-state index contributed by atoms with van der Waals surface area (Å²) < 4.78 is 5.19. The Bertz CT molecular complexity index is 694. The van der Waals surface area contributed by atoms with Gasteiger partial charge in [0.15, 0.2) is 0 Å². The molecular formula is C15H11NO5. The number of nitrogens with zero attached hydrogens (tertiary/aromatic N) is 1. The molecule has 0 atom stereocenters. The Kier molecular flexibility index (Phi) is 4.30. The average molecular weight is 285 g/mol. The van der Waals surface area contributed by atoms with Crippen molar-refractivity contribution < 1.29 is 19.6 Å². The third-order valence-electron chi connectivity index (χ3n) is 2.68. The summed E-state index contributed by atoms with van der Waals surface area (Å²) in [6, 6.07) is 14.1. The number of carboxylic acid groups (broad SMARTS) is 1. The van der Waals surface area contributed by atoms with Gasteiger partial charge in [-0.1, -0.05) is 42.5 Å². The highest BCUT2D eigenvalue weighted by Gasteiger charge is 2.15. The van der Waals surface area contributed by atoms with E-state index in [9.17, 15) is 20.0 Å². The molecule has 2 aromatic carbocycles. The van der Waals surface area contributed by atoms with Crippen molar-refractivity contribution in [2.24, 2.45) is 0 Å². The van der Waals surface area contributed by atoms with Crippen LogP contribution in [0, 0.1) is 10.1 Å². The van der Waals surface area contributed by atoms with E-state index in [0.717, 1.165) is 6.26 Å². The van der Waals surface area contributed by atoms with Gasteiger partial charge in [-0.3, -0.25) is 10.1 Å². The van der Waals surface area contributed by atoms with E-state index in [1.54, 1.807) is 36.4 Å². The lowest BCUT2D eigenvalue weighted by atomic mass is 10.1. The summed E-state index contributed by atoms with van der Waals surface area (Å²) in [5.74, 6) is -1.20. The molecule has 0 radical (unpaired) electrons. The summed E-state index contributed by atoms with van der Waals surface area (Å²) in [6.45, 7) is 0. The lowest BCUT2D eigenvalue weighted by molar-refractivity contribution is -0.385. The van der Waals surface area contributed by atoms with Crippen LogP contribution in [0.3, 0.4) is 0 Å². The number of carbonyl (C=O) groups is 1. The average Bonchev–Trinajstić information content (AvgIpc) is 2.48. The van der Waals surface area contributed by atoms with Gasteiger partial charge in [0.05, 0.1) is 4.92 Å². The predicted octanol–water partition coefficient (Wildman–Crippen LogP) is 3.10. The molecule has 0 amide bonds. The van der Waals surface area contributed by atoms with Gasteiger partial charge >= 0.3 is 11.7 Å². The highest BCUT2D eigenvalue weighted by molar-refractivity contribution is 6.15. The van der Waals surface area contributed by atoms with Gasteiger partial charge in [-0.2, -0.15) is 0 Å². The molecule has 0 spiro atoms. The lowest BCUT2D eigenvalue weighted by Gasteiger charge is -2.05. The van der Waals surface area contributed by atoms with Crippen LogP contribution in [0.25, 0.3) is 5.57 Å². The topological polar surface area (TPSA) is 89.7 Å². The second kappa shape index (κ2) is 6.33. The summed E-state index contributed by atoms with van der Waals surface area (Å²) >= 11 is 0. The molecule has 1 N–H and O–H groups in total. The summed E-state index contributed by atoms with van der Waals surface area (Å²) in [5, 5.41) is 20.1. The monoisotopic (exact) mass is 285 g/mol. The van der Waals surface area contributed by atoms with Gasteiger partial charge in [0, 0.05) is 6.07 Å². The fraction of sp³-hybridized carbons (Fsp3) is 0. The van der Waals surface area contributed by atoms with Crippen LogP contribution < -0.4 is 4.74 Å². The van der Waals surface area contributed by atoms with E-state index in [4.69, 9.17) is 4.74 Å². The molecule has 0 aliphatic carbocycles. The van der Waals surface area contributed by atoms with Crippen LogP contribution in [0.1, 0.15) is 5.56 Å². The number of rotatable bonds is 5. The summed E-state index contributed by atoms with van der Waals surface area (Å²) in [6.07, 6.45) is 1.000. The number of hydrogen-bond acceptors (Lipinski definition) is 4. The first-order valence-corrected chi connectivity index (χ1v) is 5.98. The molecule has 6 heteroatoms. The Morgan fingerprint density at radius 1 is 1.10 bits per heavy atom. The Morgan fingerprint density at radius 2 is 1.71 bits per heavy atom. The Labute approximate surface area is 120 Å². The Morgan fingerprint density at radius 3 is 2.33 bits per heavy atom. The highest BCUT2D eigenvalue weighted by Crippen LogP contribution is 2.27. The minimum Gasteiger partial charge on any atom is -0.478 e. The first kappa shape index (κ1) is 14.3.